The molecule has 3 fully saturated rings. The summed E-state index contributed by atoms with van der Waals surface area (Å²) in [6.45, 7) is 7.06. The van der Waals surface area contributed by atoms with E-state index in [2.05, 4.69) is 26.9 Å². The SMILES string of the molecule is [2H]CC(C)(C)[C@H](Nc1ccc(C(=O)N(C)C)cc1)C(=O)N1C[C@H](Oc2ncc(OC)c3ccc(Cl)cc23)C[C@H]1C(=O)N[C@]1(C(=O)NS(=O)(=O)C2CC2)C[C@H]1C=C. The summed E-state index contributed by atoms with van der Waals surface area (Å²) in [6.07, 6.45) is 3.22. The molecular weight excluding hydrogens is 748 g/mol. The van der Waals surface area contributed by atoms with Gasteiger partial charge in [0, 0.05) is 54.9 Å². The normalized spacial score (nSPS) is 22.9. The lowest BCUT2D eigenvalue weighted by molar-refractivity contribution is -0.141. The number of hydrogen-bond acceptors (Lipinski definition) is 10. The third-order valence-electron chi connectivity index (χ3n) is 10.2. The van der Waals surface area contributed by atoms with Crippen molar-refractivity contribution in [3.8, 4) is 11.6 Å². The zero-order valence-electron chi connectivity index (χ0n) is 32.4. The van der Waals surface area contributed by atoms with Crippen molar-refractivity contribution >= 4 is 61.7 Å². The molecule has 1 saturated heterocycles. The fourth-order valence-electron chi connectivity index (χ4n) is 6.86. The van der Waals surface area contributed by atoms with Gasteiger partial charge >= 0.3 is 0 Å². The number of halogens is 1. The Balaban J connectivity index is 1.33. The Kier molecular flexibility index (Phi) is 10.5. The molecular formula is C39H47ClN6O8S. The lowest BCUT2D eigenvalue weighted by Crippen LogP contribution is -2.58. The van der Waals surface area contributed by atoms with Crippen molar-refractivity contribution in [1.82, 2.24) is 24.8 Å². The fourth-order valence-corrected chi connectivity index (χ4v) is 8.40. The Morgan fingerprint density at radius 1 is 1.15 bits per heavy atom. The molecule has 5 atom stereocenters. The molecule has 1 aliphatic heterocycles. The summed E-state index contributed by atoms with van der Waals surface area (Å²) >= 11 is 6.36. The number of rotatable bonds is 13. The number of amides is 4. The first kappa shape index (κ1) is 38.4. The van der Waals surface area contributed by atoms with Gasteiger partial charge in [0.25, 0.3) is 11.8 Å². The molecule has 16 heteroatoms. The number of fused-ring (bicyclic) bond motifs is 1. The van der Waals surface area contributed by atoms with Crippen LogP contribution in [0.4, 0.5) is 5.69 Å². The van der Waals surface area contributed by atoms with E-state index in [4.69, 9.17) is 22.4 Å². The van der Waals surface area contributed by atoms with E-state index in [0.29, 0.717) is 45.6 Å². The van der Waals surface area contributed by atoms with Crippen LogP contribution in [0.25, 0.3) is 10.8 Å². The number of nitrogens with one attached hydrogen (secondary N) is 3. The minimum Gasteiger partial charge on any atom is -0.494 e. The quantitative estimate of drug-likeness (QED) is 0.213. The van der Waals surface area contributed by atoms with Gasteiger partial charge in [-0.2, -0.15) is 0 Å². The lowest BCUT2D eigenvalue weighted by atomic mass is 9.85. The van der Waals surface area contributed by atoms with Gasteiger partial charge in [-0.05, 0) is 67.1 Å². The molecule has 2 saturated carbocycles. The third-order valence-corrected chi connectivity index (χ3v) is 12.3. The molecule has 2 aromatic carbocycles. The van der Waals surface area contributed by atoms with Crippen LogP contribution in [-0.2, 0) is 24.4 Å². The van der Waals surface area contributed by atoms with Crippen molar-refractivity contribution in [1.29, 1.82) is 0 Å². The van der Waals surface area contributed by atoms with Gasteiger partial charge in [-0.25, -0.2) is 13.4 Å². The van der Waals surface area contributed by atoms with Gasteiger partial charge in [0.2, 0.25) is 27.7 Å². The second kappa shape index (κ2) is 15.0. The third kappa shape index (κ3) is 8.23. The Hall–Kier alpha value is -4.89. The number of likely N-dealkylation sites (tertiary alicyclic amines) is 1. The maximum atomic E-state index is 14.8. The van der Waals surface area contributed by atoms with E-state index < -0.39 is 68.1 Å². The van der Waals surface area contributed by atoms with E-state index in [1.165, 1.54) is 29.2 Å². The molecule has 0 radical (unpaired) electrons. The maximum Gasteiger partial charge on any atom is 0.259 e. The summed E-state index contributed by atoms with van der Waals surface area (Å²) in [7, 11) is 0.883. The smallest absolute Gasteiger partial charge is 0.259 e. The van der Waals surface area contributed by atoms with Crippen molar-refractivity contribution in [3.63, 3.8) is 0 Å². The first-order valence-corrected chi connectivity index (χ1v) is 19.8. The maximum absolute atomic E-state index is 14.8. The van der Waals surface area contributed by atoms with Crippen LogP contribution < -0.4 is 24.8 Å². The molecule has 3 aliphatic rings. The highest BCUT2D eigenvalue weighted by molar-refractivity contribution is 7.91. The average Bonchev–Trinajstić information content (AvgIpc) is 4.10. The van der Waals surface area contributed by atoms with Crippen LogP contribution in [-0.4, -0.2) is 104 Å². The van der Waals surface area contributed by atoms with Gasteiger partial charge < -0.3 is 29.9 Å². The Morgan fingerprint density at radius 2 is 1.85 bits per heavy atom. The van der Waals surface area contributed by atoms with Gasteiger partial charge in [0.1, 0.15) is 29.5 Å². The molecule has 3 aromatic rings. The predicted molar refractivity (Wildman–Crippen MR) is 208 cm³/mol. The molecule has 0 spiro atoms. The predicted octanol–water partition coefficient (Wildman–Crippen LogP) is 4.14. The number of benzene rings is 2. The van der Waals surface area contributed by atoms with Crippen molar-refractivity contribution in [2.45, 2.75) is 75.4 Å². The molecule has 0 bridgehead atoms. The number of methoxy groups -OCH3 is 1. The van der Waals surface area contributed by atoms with E-state index in [0.717, 1.165) is 0 Å². The van der Waals surface area contributed by atoms with Crippen LogP contribution in [0.5, 0.6) is 11.6 Å². The monoisotopic (exact) mass is 795 g/mol. The number of carbonyl (C=O) groups is 4. The van der Waals surface area contributed by atoms with Crippen LogP contribution in [0.2, 0.25) is 5.02 Å². The zero-order chi connectivity index (χ0) is 40.7. The molecule has 4 amide bonds. The molecule has 294 valence electrons. The first-order chi connectivity index (χ1) is 26.4. The largest absolute Gasteiger partial charge is 0.494 e. The minimum atomic E-state index is -3.92. The molecule has 2 aliphatic carbocycles. The van der Waals surface area contributed by atoms with Crippen LogP contribution in [0.15, 0.2) is 61.3 Å². The van der Waals surface area contributed by atoms with Gasteiger partial charge in [-0.15, -0.1) is 6.58 Å². The topological polar surface area (TPSA) is 176 Å². The molecule has 1 aromatic heterocycles. The second-order valence-electron chi connectivity index (χ2n) is 15.3. The average molecular weight is 796 g/mol. The van der Waals surface area contributed by atoms with Crippen molar-refractivity contribution in [2.75, 3.05) is 33.1 Å². The molecule has 2 heterocycles. The number of nitrogens with zero attached hydrogens (tertiary/aromatic N) is 3. The van der Waals surface area contributed by atoms with E-state index >= 15 is 0 Å². The van der Waals surface area contributed by atoms with Crippen molar-refractivity contribution in [3.05, 3.63) is 71.9 Å². The first-order valence-electron chi connectivity index (χ1n) is 18.6. The number of hydrogen-bond donors (Lipinski definition) is 3. The number of sulfonamides is 1. The second-order valence-corrected chi connectivity index (χ2v) is 17.7. The number of pyridine rings is 1. The van der Waals surface area contributed by atoms with Crippen LogP contribution >= 0.6 is 11.6 Å². The summed E-state index contributed by atoms with van der Waals surface area (Å²) < 4.78 is 48.0. The molecule has 55 heavy (non-hydrogen) atoms. The van der Waals surface area contributed by atoms with Gasteiger partial charge in [-0.3, -0.25) is 23.9 Å². The molecule has 3 N–H and O–H groups in total. The van der Waals surface area contributed by atoms with E-state index in [9.17, 15) is 27.6 Å². The highest BCUT2D eigenvalue weighted by atomic mass is 35.5. The Bertz CT molecular complexity index is 2170. The summed E-state index contributed by atoms with van der Waals surface area (Å²) in [5.41, 5.74) is -1.59. The Morgan fingerprint density at radius 3 is 2.45 bits per heavy atom. The number of ether oxygens (including phenoxy) is 2. The van der Waals surface area contributed by atoms with E-state index in [-0.39, 0.29) is 38.1 Å². The highest BCUT2D eigenvalue weighted by Gasteiger charge is 2.62. The van der Waals surface area contributed by atoms with Gasteiger partial charge in [0.15, 0.2) is 0 Å². The highest BCUT2D eigenvalue weighted by Crippen LogP contribution is 2.46. The van der Waals surface area contributed by atoms with Gasteiger partial charge in [0.05, 0.1) is 25.1 Å². The van der Waals surface area contributed by atoms with E-state index in [1.807, 2.05) is 0 Å². The van der Waals surface area contributed by atoms with Crippen molar-refractivity contribution < 1.29 is 38.4 Å². The Labute approximate surface area is 327 Å². The lowest BCUT2D eigenvalue weighted by Gasteiger charge is -2.36. The number of aromatic nitrogens is 1. The van der Waals surface area contributed by atoms with Crippen LogP contribution in [0, 0.1) is 11.3 Å². The molecule has 14 nitrogen and oxygen atoms in total. The summed E-state index contributed by atoms with van der Waals surface area (Å²) in [5, 5.41) is 7.05. The molecule has 0 unspecified atom stereocenters. The summed E-state index contributed by atoms with van der Waals surface area (Å²) in [4.78, 5) is 62.6. The van der Waals surface area contributed by atoms with Crippen LogP contribution in [0.3, 0.4) is 0 Å². The summed E-state index contributed by atoms with van der Waals surface area (Å²) in [6, 6.07) is 9.55. The fraction of sp³-hybridized carbons (Fsp3) is 0.462. The molecule has 6 rings (SSSR count). The number of carbonyl (C=O) groups excluding carboxylic acids is 4. The summed E-state index contributed by atoms with van der Waals surface area (Å²) in [5.74, 6) is -2.10. The van der Waals surface area contributed by atoms with Crippen molar-refractivity contribution in [2.24, 2.45) is 11.3 Å². The van der Waals surface area contributed by atoms with E-state index in [1.54, 1.807) is 70.4 Å². The standard InChI is InChI=1S/C39H47ClN6O8S/c1-8-23-19-39(23,37(50)44-55(51,52)27-14-15-27)43-33(47)30-18-26(54-34-29-17-24(40)11-16-28(29)31(53-7)20-41-34)21-46(30)36(49)32(38(2,3)4)42-25-12-9-22(10-13-25)35(48)45(5)6/h8-13,16-17,20,23,26-27,30,32,42H,1,14-15,18-19,21H2,2-7H3,(H,43,47)(H,44,50)/t23-,26-,30+,32-,39-/m1/s1/i2D. The minimum absolute atomic E-state index is 0.0143. The van der Waals surface area contributed by atoms with Gasteiger partial charge in [-0.1, -0.05) is 38.4 Å². The number of anilines is 1. The van der Waals surface area contributed by atoms with Crippen LogP contribution in [0.1, 0.15) is 58.2 Å². The zero-order valence-corrected chi connectivity index (χ0v) is 33.0.